The van der Waals surface area contributed by atoms with E-state index < -0.39 is 17.2 Å². The molecule has 1 aromatic carbocycles. The molecule has 148 valence electrons. The molecular weight excluding hydrogens is 423 g/mol. The summed E-state index contributed by atoms with van der Waals surface area (Å²) >= 11 is 6.34. The number of carbonyl (C=O) groups is 1. The fourth-order valence-corrected chi connectivity index (χ4v) is 2.92. The molecule has 3 aromatic rings. The maximum Gasteiger partial charge on any atom is 0.445 e. The number of carbonyl (C=O) groups excluding carboxylic acids is 1. The van der Waals surface area contributed by atoms with Gasteiger partial charge in [-0.3, -0.25) is 5.32 Å². The zero-order valence-electron chi connectivity index (χ0n) is 14.0. The lowest BCUT2D eigenvalue weighted by Crippen LogP contribution is -2.20. The molecule has 0 saturated heterocycles. The molecule has 2 N–H and O–H groups in total. The van der Waals surface area contributed by atoms with Crippen LogP contribution in [0.3, 0.4) is 0 Å². The van der Waals surface area contributed by atoms with Crippen molar-refractivity contribution in [2.45, 2.75) is 13.1 Å². The van der Waals surface area contributed by atoms with E-state index in [1.165, 1.54) is 24.6 Å². The summed E-state index contributed by atoms with van der Waals surface area (Å²) in [5.41, 5.74) is 0.565. The minimum absolute atomic E-state index is 0.184. The van der Waals surface area contributed by atoms with Crippen molar-refractivity contribution >= 4 is 39.8 Å². The number of benzene rings is 1. The van der Waals surface area contributed by atoms with Crippen molar-refractivity contribution in [3.63, 3.8) is 0 Å². The van der Waals surface area contributed by atoms with Gasteiger partial charge < -0.3 is 14.5 Å². The van der Waals surface area contributed by atoms with Crippen molar-refractivity contribution in [1.29, 1.82) is 0 Å². The third kappa shape index (κ3) is 4.51. The summed E-state index contributed by atoms with van der Waals surface area (Å²) in [4.78, 5) is 16.2. The Balaban J connectivity index is 1.83. The zero-order chi connectivity index (χ0) is 20.3. The van der Waals surface area contributed by atoms with Gasteiger partial charge in [-0.15, -0.1) is 10.2 Å². The lowest BCUT2D eigenvalue weighted by molar-refractivity contribution is -0.138. The number of rotatable bonds is 5. The molecule has 0 aliphatic carbocycles. The Hall–Kier alpha value is -2.86. The second-order valence-corrected chi connectivity index (χ2v) is 6.47. The van der Waals surface area contributed by atoms with Crippen LogP contribution >= 0.6 is 22.9 Å². The monoisotopic (exact) mass is 433 g/mol. The van der Waals surface area contributed by atoms with Crippen molar-refractivity contribution in [1.82, 2.24) is 15.2 Å². The first kappa shape index (κ1) is 19.9. The average molecular weight is 434 g/mol. The van der Waals surface area contributed by atoms with Gasteiger partial charge in [0.05, 0.1) is 29.1 Å². The third-order valence-electron chi connectivity index (χ3n) is 3.17. The highest BCUT2D eigenvalue weighted by molar-refractivity contribution is 7.15. The number of ether oxygens (including phenoxy) is 1. The van der Waals surface area contributed by atoms with Crippen LogP contribution in [-0.4, -0.2) is 27.8 Å². The lowest BCUT2D eigenvalue weighted by atomic mass is 10.1. The van der Waals surface area contributed by atoms with Gasteiger partial charge in [0.25, 0.3) is 0 Å². The average Bonchev–Trinajstić information content (AvgIpc) is 3.28. The van der Waals surface area contributed by atoms with Gasteiger partial charge in [0.1, 0.15) is 12.0 Å². The van der Waals surface area contributed by atoms with E-state index in [2.05, 4.69) is 25.8 Å². The molecule has 0 aliphatic heterocycles. The second kappa shape index (κ2) is 8.02. The Morgan fingerprint density at radius 2 is 2.11 bits per heavy atom. The summed E-state index contributed by atoms with van der Waals surface area (Å²) in [5.74, 6) is 0.533. The number of hydrogen-bond acceptors (Lipinski definition) is 7. The summed E-state index contributed by atoms with van der Waals surface area (Å²) in [5, 5.41) is 9.66. The largest absolute Gasteiger partial charge is 0.492 e. The van der Waals surface area contributed by atoms with Gasteiger partial charge in [-0.05, 0) is 19.1 Å². The number of alkyl halides is 3. The SMILES string of the molecule is CCOc1cc(-c2ncco2)c(NC(=O)Nc2nnc(C(F)(F)F)s2)cc1Cl. The maximum absolute atomic E-state index is 12.6. The Bertz CT molecular complexity index is 978. The third-order valence-corrected chi connectivity index (χ3v) is 4.35. The van der Waals surface area contributed by atoms with Crippen molar-refractivity contribution in [3.8, 4) is 17.2 Å². The first-order valence-corrected chi connectivity index (χ1v) is 8.82. The summed E-state index contributed by atoms with van der Waals surface area (Å²) in [6.45, 7) is 2.13. The number of aromatic nitrogens is 3. The summed E-state index contributed by atoms with van der Waals surface area (Å²) in [6, 6.07) is 2.09. The molecule has 13 heteroatoms. The van der Waals surface area contributed by atoms with Crippen molar-refractivity contribution in [2.75, 3.05) is 17.2 Å². The quantitative estimate of drug-likeness (QED) is 0.592. The highest BCUT2D eigenvalue weighted by Crippen LogP contribution is 2.37. The molecule has 0 aliphatic rings. The van der Waals surface area contributed by atoms with Crippen LogP contribution in [0.4, 0.5) is 28.8 Å². The minimum Gasteiger partial charge on any atom is -0.492 e. The highest BCUT2D eigenvalue weighted by Gasteiger charge is 2.35. The van der Waals surface area contributed by atoms with Crippen LogP contribution in [0.25, 0.3) is 11.5 Å². The smallest absolute Gasteiger partial charge is 0.445 e. The number of halogens is 4. The first-order chi connectivity index (χ1) is 13.3. The van der Waals surface area contributed by atoms with Crippen LogP contribution < -0.4 is 15.4 Å². The highest BCUT2D eigenvalue weighted by atomic mass is 35.5. The van der Waals surface area contributed by atoms with E-state index in [9.17, 15) is 18.0 Å². The molecule has 0 spiro atoms. The van der Waals surface area contributed by atoms with E-state index in [0.717, 1.165) is 0 Å². The molecule has 0 saturated carbocycles. The Labute approximate surface area is 164 Å². The Morgan fingerprint density at radius 3 is 2.71 bits per heavy atom. The van der Waals surface area contributed by atoms with E-state index >= 15 is 0 Å². The number of amides is 2. The predicted octanol–water partition coefficient (Wildman–Crippen LogP) is 4.91. The van der Waals surface area contributed by atoms with Crippen molar-refractivity contribution in [3.05, 3.63) is 34.6 Å². The predicted molar refractivity (Wildman–Crippen MR) is 95.7 cm³/mol. The van der Waals surface area contributed by atoms with Gasteiger partial charge in [0, 0.05) is 0 Å². The molecule has 2 aromatic heterocycles. The van der Waals surface area contributed by atoms with Crippen LogP contribution in [0.1, 0.15) is 11.9 Å². The molecule has 0 atom stereocenters. The number of nitrogens with one attached hydrogen (secondary N) is 2. The van der Waals surface area contributed by atoms with Gasteiger partial charge >= 0.3 is 12.2 Å². The number of urea groups is 1. The number of anilines is 2. The van der Waals surface area contributed by atoms with Gasteiger partial charge in [-0.25, -0.2) is 9.78 Å². The van der Waals surface area contributed by atoms with Crippen LogP contribution in [-0.2, 0) is 6.18 Å². The molecule has 8 nitrogen and oxygen atoms in total. The number of oxazole rings is 1. The standard InChI is InChI=1S/C15H11ClF3N5O3S/c1-2-26-10-5-7(11-20-3-4-27-11)9(6-8(10)16)21-13(25)22-14-24-23-12(28-14)15(17,18)19/h3-6H,2H2,1H3,(H2,21,22,24,25). The molecule has 2 amide bonds. The van der Waals surface area contributed by atoms with Gasteiger partial charge in [-0.1, -0.05) is 22.9 Å². The van der Waals surface area contributed by atoms with E-state index in [-0.39, 0.29) is 33.1 Å². The summed E-state index contributed by atoms with van der Waals surface area (Å²) in [7, 11) is 0. The fraction of sp³-hybridized carbons (Fsp3) is 0.200. The molecule has 0 radical (unpaired) electrons. The first-order valence-electron chi connectivity index (χ1n) is 7.63. The van der Waals surface area contributed by atoms with Crippen LogP contribution in [0.5, 0.6) is 5.75 Å². The van der Waals surface area contributed by atoms with Crippen molar-refractivity contribution < 1.29 is 27.1 Å². The normalized spacial score (nSPS) is 11.3. The molecule has 2 heterocycles. The maximum atomic E-state index is 12.6. The van der Waals surface area contributed by atoms with Gasteiger partial charge in [0.2, 0.25) is 16.0 Å². The molecular formula is C15H11ClF3N5O3S. The van der Waals surface area contributed by atoms with E-state index in [4.69, 9.17) is 20.8 Å². The topological polar surface area (TPSA) is 102 Å². The second-order valence-electron chi connectivity index (χ2n) is 5.09. The van der Waals surface area contributed by atoms with Gasteiger partial charge in [-0.2, -0.15) is 13.2 Å². The Morgan fingerprint density at radius 1 is 1.32 bits per heavy atom. The number of hydrogen-bond donors (Lipinski definition) is 2. The number of nitrogens with zero attached hydrogens (tertiary/aromatic N) is 3. The van der Waals surface area contributed by atoms with Crippen molar-refractivity contribution in [2.24, 2.45) is 0 Å². The summed E-state index contributed by atoms with van der Waals surface area (Å²) in [6.07, 6.45) is -1.89. The zero-order valence-corrected chi connectivity index (χ0v) is 15.6. The molecule has 3 rings (SSSR count). The molecule has 0 unspecified atom stereocenters. The molecule has 0 bridgehead atoms. The lowest BCUT2D eigenvalue weighted by Gasteiger charge is -2.13. The van der Waals surface area contributed by atoms with E-state index in [1.807, 2.05) is 0 Å². The minimum atomic E-state index is -4.64. The van der Waals surface area contributed by atoms with E-state index in [0.29, 0.717) is 17.9 Å². The summed E-state index contributed by atoms with van der Waals surface area (Å²) < 4.78 is 48.4. The van der Waals surface area contributed by atoms with E-state index in [1.54, 1.807) is 6.92 Å². The van der Waals surface area contributed by atoms with Crippen LogP contribution in [0, 0.1) is 0 Å². The van der Waals surface area contributed by atoms with Crippen LogP contribution in [0.15, 0.2) is 29.0 Å². The Kier molecular flexibility index (Phi) is 5.70. The molecule has 0 fully saturated rings. The molecule has 28 heavy (non-hydrogen) atoms. The van der Waals surface area contributed by atoms with Crippen LogP contribution in [0.2, 0.25) is 5.02 Å². The fourth-order valence-electron chi connectivity index (χ4n) is 2.10. The van der Waals surface area contributed by atoms with Gasteiger partial charge in [0.15, 0.2) is 0 Å².